The molecule has 1 saturated heterocycles. The molecule has 1 atom stereocenters. The average Bonchev–Trinajstić information content (AvgIpc) is 2.64. The van der Waals surface area contributed by atoms with Gasteiger partial charge in [-0.2, -0.15) is 0 Å². The van der Waals surface area contributed by atoms with Crippen LogP contribution in [0.25, 0.3) is 11.0 Å². The molecule has 1 aromatic heterocycles. The molecule has 1 aliphatic rings. The van der Waals surface area contributed by atoms with Crippen LogP contribution in [-0.2, 0) is 4.74 Å². The quantitative estimate of drug-likeness (QED) is 0.814. The summed E-state index contributed by atoms with van der Waals surface area (Å²) >= 11 is 0. The van der Waals surface area contributed by atoms with Crippen molar-refractivity contribution < 1.29 is 19.0 Å². The van der Waals surface area contributed by atoms with Crippen LogP contribution < -0.4 is 9.47 Å². The lowest BCUT2D eigenvalue weighted by Gasteiger charge is -2.33. The Kier molecular flexibility index (Phi) is 5.68. The number of piperidine rings is 1. The molecule has 0 bridgehead atoms. The minimum absolute atomic E-state index is 0.212. The fourth-order valence-corrected chi connectivity index (χ4v) is 3.08. The van der Waals surface area contributed by atoms with Crippen molar-refractivity contribution in [3.05, 3.63) is 24.3 Å². The van der Waals surface area contributed by atoms with E-state index in [-0.39, 0.29) is 12.0 Å². The molecule has 0 radical (unpaired) electrons. The number of rotatable bonds is 4. The number of nitrogens with zero attached hydrogens (tertiary/aromatic N) is 3. The van der Waals surface area contributed by atoms with Crippen molar-refractivity contribution in [1.82, 2.24) is 14.9 Å². The van der Waals surface area contributed by atoms with E-state index in [1.165, 1.54) is 0 Å². The van der Waals surface area contributed by atoms with E-state index in [1.807, 2.05) is 45.0 Å². The fraction of sp³-hybridized carbons (Fsp3) is 0.550. The van der Waals surface area contributed by atoms with Gasteiger partial charge in [-0.3, -0.25) is 0 Å². The predicted molar refractivity (Wildman–Crippen MR) is 102 cm³/mol. The molecule has 0 spiro atoms. The maximum absolute atomic E-state index is 12.3. The summed E-state index contributed by atoms with van der Waals surface area (Å²) in [6, 6.07) is 7.59. The SMILES string of the molecule is COc1nc2ccccc2nc1OC[C@@H]1CCCN(C(=O)OC(C)(C)C)C1. The summed E-state index contributed by atoms with van der Waals surface area (Å²) in [6.07, 6.45) is 1.64. The largest absolute Gasteiger partial charge is 0.477 e. The zero-order chi connectivity index (χ0) is 19.4. The van der Waals surface area contributed by atoms with Gasteiger partial charge in [-0.1, -0.05) is 12.1 Å². The van der Waals surface area contributed by atoms with Gasteiger partial charge >= 0.3 is 6.09 Å². The van der Waals surface area contributed by atoms with Crippen molar-refractivity contribution in [3.63, 3.8) is 0 Å². The average molecular weight is 373 g/mol. The Balaban J connectivity index is 1.64. The molecule has 146 valence electrons. The number of hydrogen-bond acceptors (Lipinski definition) is 6. The van der Waals surface area contributed by atoms with E-state index in [9.17, 15) is 4.79 Å². The van der Waals surface area contributed by atoms with Gasteiger partial charge in [0.15, 0.2) is 0 Å². The van der Waals surface area contributed by atoms with Gasteiger partial charge in [0.2, 0.25) is 0 Å². The van der Waals surface area contributed by atoms with Crippen LogP contribution in [0.4, 0.5) is 4.79 Å². The summed E-state index contributed by atoms with van der Waals surface area (Å²) in [6.45, 7) is 7.39. The number of methoxy groups -OCH3 is 1. The van der Waals surface area contributed by atoms with Crippen molar-refractivity contribution in [2.24, 2.45) is 5.92 Å². The van der Waals surface area contributed by atoms with E-state index in [1.54, 1.807) is 12.0 Å². The van der Waals surface area contributed by atoms with E-state index < -0.39 is 5.60 Å². The van der Waals surface area contributed by atoms with Gasteiger partial charge in [0.1, 0.15) is 5.60 Å². The van der Waals surface area contributed by atoms with Crippen LogP contribution in [0.5, 0.6) is 11.8 Å². The van der Waals surface area contributed by atoms with E-state index in [0.29, 0.717) is 31.5 Å². The lowest BCUT2D eigenvalue weighted by atomic mass is 9.99. The third-order valence-corrected chi connectivity index (χ3v) is 4.33. The molecule has 1 amide bonds. The molecule has 0 N–H and O–H groups in total. The van der Waals surface area contributed by atoms with E-state index in [4.69, 9.17) is 14.2 Å². The van der Waals surface area contributed by atoms with Gasteiger partial charge < -0.3 is 19.1 Å². The Hall–Kier alpha value is -2.57. The molecule has 1 aromatic carbocycles. The zero-order valence-corrected chi connectivity index (χ0v) is 16.4. The third kappa shape index (κ3) is 4.99. The minimum Gasteiger partial charge on any atom is -0.477 e. The first-order chi connectivity index (χ1) is 12.9. The Bertz CT molecular complexity index is 803. The Labute approximate surface area is 159 Å². The lowest BCUT2D eigenvalue weighted by molar-refractivity contribution is 0.0137. The molecule has 7 nitrogen and oxygen atoms in total. The van der Waals surface area contributed by atoms with Crippen LogP contribution >= 0.6 is 0 Å². The van der Waals surface area contributed by atoms with Gasteiger partial charge in [-0.25, -0.2) is 14.8 Å². The lowest BCUT2D eigenvalue weighted by Crippen LogP contribution is -2.44. The number of hydrogen-bond donors (Lipinski definition) is 0. The molecule has 2 heterocycles. The number of amides is 1. The van der Waals surface area contributed by atoms with Crippen molar-refractivity contribution in [3.8, 4) is 11.8 Å². The highest BCUT2D eigenvalue weighted by atomic mass is 16.6. The van der Waals surface area contributed by atoms with Crippen molar-refractivity contribution in [2.45, 2.75) is 39.2 Å². The molecule has 0 saturated carbocycles. The van der Waals surface area contributed by atoms with Crippen LogP contribution in [0.3, 0.4) is 0 Å². The number of aromatic nitrogens is 2. The first-order valence-electron chi connectivity index (χ1n) is 9.27. The zero-order valence-electron chi connectivity index (χ0n) is 16.4. The van der Waals surface area contributed by atoms with Crippen LogP contribution in [0.2, 0.25) is 0 Å². The van der Waals surface area contributed by atoms with Gasteiger partial charge in [0.25, 0.3) is 11.8 Å². The molecular formula is C20H27N3O4. The first-order valence-corrected chi connectivity index (χ1v) is 9.27. The smallest absolute Gasteiger partial charge is 0.410 e. The number of ether oxygens (including phenoxy) is 3. The van der Waals surface area contributed by atoms with Crippen LogP contribution in [0.15, 0.2) is 24.3 Å². The van der Waals surface area contributed by atoms with E-state index >= 15 is 0 Å². The van der Waals surface area contributed by atoms with Crippen LogP contribution in [0.1, 0.15) is 33.6 Å². The van der Waals surface area contributed by atoms with Gasteiger partial charge in [0, 0.05) is 19.0 Å². The Morgan fingerprint density at radius 2 is 1.85 bits per heavy atom. The van der Waals surface area contributed by atoms with E-state index in [0.717, 1.165) is 23.9 Å². The number of fused-ring (bicyclic) bond motifs is 1. The van der Waals surface area contributed by atoms with Crippen molar-refractivity contribution in [2.75, 3.05) is 26.8 Å². The number of carbonyl (C=O) groups is 1. The Morgan fingerprint density at radius 3 is 2.48 bits per heavy atom. The Morgan fingerprint density at radius 1 is 1.19 bits per heavy atom. The van der Waals surface area contributed by atoms with Crippen molar-refractivity contribution in [1.29, 1.82) is 0 Å². The molecular weight excluding hydrogens is 346 g/mol. The second-order valence-corrected chi connectivity index (χ2v) is 7.77. The summed E-state index contributed by atoms with van der Waals surface area (Å²) in [5.74, 6) is 0.961. The van der Waals surface area contributed by atoms with Gasteiger partial charge in [0.05, 0.1) is 24.8 Å². The van der Waals surface area contributed by atoms with Crippen LogP contribution in [-0.4, -0.2) is 53.4 Å². The maximum Gasteiger partial charge on any atom is 0.410 e. The summed E-state index contributed by atoms with van der Waals surface area (Å²) in [5.41, 5.74) is 1.02. The molecule has 0 unspecified atom stereocenters. The van der Waals surface area contributed by atoms with Gasteiger partial charge in [-0.05, 0) is 45.7 Å². The third-order valence-electron chi connectivity index (χ3n) is 4.33. The molecule has 0 aliphatic carbocycles. The molecule has 3 rings (SSSR count). The number of para-hydroxylation sites is 2. The highest BCUT2D eigenvalue weighted by Crippen LogP contribution is 2.27. The number of likely N-dealkylation sites (tertiary alicyclic amines) is 1. The van der Waals surface area contributed by atoms with Crippen LogP contribution in [0, 0.1) is 5.92 Å². The highest BCUT2D eigenvalue weighted by Gasteiger charge is 2.28. The topological polar surface area (TPSA) is 73.8 Å². The molecule has 7 heteroatoms. The second kappa shape index (κ2) is 7.98. The standard InChI is InChI=1S/C20H27N3O4/c1-20(2,3)27-19(24)23-11-7-8-14(12-23)13-26-18-17(25-4)21-15-9-5-6-10-16(15)22-18/h5-6,9-10,14H,7-8,11-13H2,1-4H3/t14-/m1/s1. The first kappa shape index (κ1) is 19.2. The molecule has 27 heavy (non-hydrogen) atoms. The summed E-state index contributed by atoms with van der Waals surface area (Å²) in [4.78, 5) is 23.0. The number of benzene rings is 1. The fourth-order valence-electron chi connectivity index (χ4n) is 3.08. The summed E-state index contributed by atoms with van der Waals surface area (Å²) in [5, 5.41) is 0. The van der Waals surface area contributed by atoms with Gasteiger partial charge in [-0.15, -0.1) is 0 Å². The molecule has 1 aliphatic heterocycles. The summed E-state index contributed by atoms with van der Waals surface area (Å²) in [7, 11) is 1.55. The normalized spacial score (nSPS) is 17.6. The maximum atomic E-state index is 12.3. The molecule has 2 aromatic rings. The highest BCUT2D eigenvalue weighted by molar-refractivity contribution is 5.75. The van der Waals surface area contributed by atoms with Crippen molar-refractivity contribution >= 4 is 17.1 Å². The monoisotopic (exact) mass is 373 g/mol. The predicted octanol–water partition coefficient (Wildman–Crippen LogP) is 3.66. The van der Waals surface area contributed by atoms with E-state index in [2.05, 4.69) is 9.97 Å². The number of carbonyl (C=O) groups excluding carboxylic acids is 1. The summed E-state index contributed by atoms with van der Waals surface area (Å²) < 4.78 is 16.7. The minimum atomic E-state index is -0.491. The second-order valence-electron chi connectivity index (χ2n) is 7.77. The molecule has 1 fully saturated rings.